The summed E-state index contributed by atoms with van der Waals surface area (Å²) in [5.41, 5.74) is 0. The highest BCUT2D eigenvalue weighted by molar-refractivity contribution is 7.80. The third-order valence-corrected chi connectivity index (χ3v) is 9.45. The van der Waals surface area contributed by atoms with E-state index in [2.05, 4.69) is 97.0 Å². The van der Waals surface area contributed by atoms with Crippen LogP contribution in [-0.4, -0.2) is 97.5 Å². The van der Waals surface area contributed by atoms with Crippen LogP contribution >= 0.6 is 0 Å². The van der Waals surface area contributed by atoms with E-state index in [-0.39, 0.29) is 19.6 Å². The molecule has 0 saturated carbocycles. The van der Waals surface area contributed by atoms with Crippen molar-refractivity contribution in [1.82, 2.24) is 0 Å². The third kappa shape index (κ3) is 29.5. The second kappa shape index (κ2) is 36.2. The molecule has 58 heavy (non-hydrogen) atoms. The average molecular weight is 839 g/mol. The Labute approximate surface area is 349 Å². The number of allylic oxidation sites excluding steroid dienone is 14. The maximum atomic E-state index is 12.8. The normalized spacial score (nSPS) is 21.4. The minimum Gasteiger partial charge on any atom is -0.457 e. The fourth-order valence-electron chi connectivity index (χ4n) is 5.80. The Hall–Kier alpha value is -2.72. The van der Waals surface area contributed by atoms with Gasteiger partial charge in [-0.25, -0.2) is 4.18 Å². The molecule has 1 aliphatic heterocycles. The van der Waals surface area contributed by atoms with Gasteiger partial charge in [0, 0.05) is 13.0 Å². The number of hydrogen-bond acceptors (Lipinski definition) is 11. The number of aliphatic hydroxyl groups excluding tert-OH is 3. The summed E-state index contributed by atoms with van der Waals surface area (Å²) in [4.78, 5) is 12.8. The van der Waals surface area contributed by atoms with E-state index in [1.165, 1.54) is 19.3 Å². The van der Waals surface area contributed by atoms with Gasteiger partial charge in [0.15, 0.2) is 6.29 Å². The molecule has 1 aliphatic rings. The first-order valence-electron chi connectivity index (χ1n) is 21.3. The van der Waals surface area contributed by atoms with Crippen molar-refractivity contribution in [3.8, 4) is 0 Å². The van der Waals surface area contributed by atoms with E-state index in [1.807, 2.05) is 6.08 Å². The minimum atomic E-state index is -5.07. The molecule has 0 spiro atoms. The molecule has 1 heterocycles. The SMILES string of the molecule is CC/C=C\C/C=C\C/C=C\C/C=C\C/C=C\CCCC(=O)OC(COCCCCCCCC/C=C\C/C=C\CCC)COC1OC(CO)C(O)C(OS(=O)(=O)O)C1O. The van der Waals surface area contributed by atoms with Crippen molar-refractivity contribution in [2.24, 2.45) is 0 Å². The van der Waals surface area contributed by atoms with Crippen LogP contribution in [0.2, 0.25) is 0 Å². The largest absolute Gasteiger partial charge is 0.457 e. The fourth-order valence-corrected chi connectivity index (χ4v) is 6.31. The summed E-state index contributed by atoms with van der Waals surface area (Å²) >= 11 is 0. The van der Waals surface area contributed by atoms with E-state index in [9.17, 15) is 28.5 Å². The highest BCUT2D eigenvalue weighted by Gasteiger charge is 2.48. The highest BCUT2D eigenvalue weighted by atomic mass is 32.3. The Morgan fingerprint density at radius 1 is 0.672 bits per heavy atom. The van der Waals surface area contributed by atoms with Gasteiger partial charge in [0.1, 0.15) is 30.5 Å². The number of aliphatic hydroxyl groups is 3. The number of carbonyl (C=O) groups is 1. The van der Waals surface area contributed by atoms with E-state index >= 15 is 0 Å². The lowest BCUT2D eigenvalue weighted by Gasteiger charge is -2.41. The first-order valence-corrected chi connectivity index (χ1v) is 22.7. The van der Waals surface area contributed by atoms with Gasteiger partial charge in [-0.15, -0.1) is 0 Å². The number of hydrogen-bond donors (Lipinski definition) is 4. The maximum Gasteiger partial charge on any atom is 0.397 e. The topological polar surface area (TPSA) is 178 Å². The second-order valence-electron chi connectivity index (χ2n) is 14.2. The molecule has 0 radical (unpaired) electrons. The summed E-state index contributed by atoms with van der Waals surface area (Å²) in [6.07, 6.45) is 37.7. The molecule has 1 rings (SSSR count). The molecule has 0 aromatic rings. The molecule has 4 N–H and O–H groups in total. The first-order chi connectivity index (χ1) is 28.1. The Kier molecular flexibility index (Phi) is 33.2. The third-order valence-electron chi connectivity index (χ3n) is 8.98. The fraction of sp³-hybridized carbons (Fsp3) is 0.667. The summed E-state index contributed by atoms with van der Waals surface area (Å²) in [6.45, 7) is 3.68. The van der Waals surface area contributed by atoms with Crippen LogP contribution in [0.15, 0.2) is 85.1 Å². The van der Waals surface area contributed by atoms with E-state index in [1.54, 1.807) is 0 Å². The number of rotatable bonds is 35. The zero-order valence-corrected chi connectivity index (χ0v) is 35.9. The highest BCUT2D eigenvalue weighted by Crippen LogP contribution is 2.26. The molecular formula is C45H74O12S. The monoisotopic (exact) mass is 838 g/mol. The average Bonchev–Trinajstić information content (AvgIpc) is 3.19. The molecule has 12 nitrogen and oxygen atoms in total. The van der Waals surface area contributed by atoms with Gasteiger partial charge in [-0.05, 0) is 77.0 Å². The predicted molar refractivity (Wildman–Crippen MR) is 229 cm³/mol. The van der Waals surface area contributed by atoms with Crippen LogP contribution in [0.25, 0.3) is 0 Å². The predicted octanol–water partition coefficient (Wildman–Crippen LogP) is 8.51. The lowest BCUT2D eigenvalue weighted by molar-refractivity contribution is -0.301. The number of esters is 1. The van der Waals surface area contributed by atoms with Gasteiger partial charge in [0.05, 0.1) is 19.8 Å². The van der Waals surface area contributed by atoms with E-state index in [4.69, 9.17) is 23.5 Å². The molecule has 6 atom stereocenters. The van der Waals surface area contributed by atoms with Gasteiger partial charge in [-0.2, -0.15) is 8.42 Å². The van der Waals surface area contributed by atoms with Crippen LogP contribution in [-0.2, 0) is 38.3 Å². The Bertz CT molecular complexity index is 1340. The Morgan fingerprint density at radius 2 is 1.19 bits per heavy atom. The van der Waals surface area contributed by atoms with E-state index < -0.39 is 59.8 Å². The molecule has 13 heteroatoms. The van der Waals surface area contributed by atoms with Gasteiger partial charge >= 0.3 is 16.4 Å². The van der Waals surface area contributed by atoms with Crippen molar-refractivity contribution in [2.45, 2.75) is 166 Å². The summed E-state index contributed by atoms with van der Waals surface area (Å²) in [5, 5.41) is 30.6. The standard InChI is InChI=1S/C45H74O12S/c1-3-5-7-9-11-13-15-17-19-20-21-22-24-26-28-30-32-34-41(47)55-39(37-53-35-33-31-29-27-25-23-18-16-14-12-10-8-6-4-2)38-54-45-43(49)44(57-58(50,51)52)42(48)40(36-46)56-45/h5,7-8,10-11,13-14,16-17,19,21-22,26,28,39-40,42-46,48-49H,3-4,6,9,12,15,18,20,23-25,27,29-38H2,1-2H3,(H,50,51,52)/b7-5-,10-8-,13-11-,16-14-,19-17-,22-21-,28-26-. The summed E-state index contributed by atoms with van der Waals surface area (Å²) in [5.74, 6) is -0.464. The Balaban J connectivity index is 2.52. The summed E-state index contributed by atoms with van der Waals surface area (Å²) in [7, 11) is -5.07. The molecule has 1 saturated heterocycles. The smallest absolute Gasteiger partial charge is 0.397 e. The van der Waals surface area contributed by atoms with Gasteiger partial charge in [-0.1, -0.05) is 131 Å². The lowest BCUT2D eigenvalue weighted by atomic mass is 9.99. The van der Waals surface area contributed by atoms with Crippen molar-refractivity contribution in [1.29, 1.82) is 0 Å². The zero-order chi connectivity index (χ0) is 42.5. The van der Waals surface area contributed by atoms with Crippen LogP contribution in [0.3, 0.4) is 0 Å². The van der Waals surface area contributed by atoms with Crippen molar-refractivity contribution >= 4 is 16.4 Å². The van der Waals surface area contributed by atoms with Crippen molar-refractivity contribution in [3.05, 3.63) is 85.1 Å². The quantitative estimate of drug-likeness (QED) is 0.0207. The minimum absolute atomic E-state index is 0.000293. The Morgan fingerprint density at radius 3 is 1.74 bits per heavy atom. The van der Waals surface area contributed by atoms with Crippen LogP contribution in [0, 0.1) is 0 Å². The number of unbranched alkanes of at least 4 members (excludes halogenated alkanes) is 8. The lowest BCUT2D eigenvalue weighted by Crippen LogP contribution is -2.60. The van der Waals surface area contributed by atoms with Crippen LogP contribution in [0.4, 0.5) is 0 Å². The van der Waals surface area contributed by atoms with E-state index in [0.29, 0.717) is 19.4 Å². The maximum absolute atomic E-state index is 12.8. The molecule has 0 bridgehead atoms. The summed E-state index contributed by atoms with van der Waals surface area (Å²) in [6, 6.07) is 0. The molecule has 0 amide bonds. The molecule has 6 unspecified atom stereocenters. The van der Waals surface area contributed by atoms with Crippen molar-refractivity contribution in [2.75, 3.05) is 26.4 Å². The molecule has 0 aliphatic carbocycles. The van der Waals surface area contributed by atoms with E-state index in [0.717, 1.165) is 77.0 Å². The number of carbonyl (C=O) groups excluding carboxylic acids is 1. The second-order valence-corrected chi connectivity index (χ2v) is 15.2. The van der Waals surface area contributed by atoms with Crippen molar-refractivity contribution in [3.63, 3.8) is 0 Å². The van der Waals surface area contributed by atoms with Gasteiger partial charge in [0.25, 0.3) is 0 Å². The van der Waals surface area contributed by atoms with Gasteiger partial charge in [-0.3, -0.25) is 9.35 Å². The first kappa shape index (κ1) is 53.3. The van der Waals surface area contributed by atoms with Crippen LogP contribution < -0.4 is 0 Å². The van der Waals surface area contributed by atoms with Crippen LogP contribution in [0.1, 0.15) is 129 Å². The zero-order valence-electron chi connectivity index (χ0n) is 35.1. The number of ether oxygens (including phenoxy) is 4. The molecule has 0 aromatic carbocycles. The molecular weight excluding hydrogens is 765 g/mol. The van der Waals surface area contributed by atoms with Crippen LogP contribution in [0.5, 0.6) is 0 Å². The van der Waals surface area contributed by atoms with Crippen molar-refractivity contribution < 1.29 is 56.2 Å². The van der Waals surface area contributed by atoms with Gasteiger partial charge < -0.3 is 34.3 Å². The van der Waals surface area contributed by atoms with Gasteiger partial charge in [0.2, 0.25) is 0 Å². The molecule has 0 aromatic heterocycles. The molecule has 1 fully saturated rings. The summed E-state index contributed by atoms with van der Waals surface area (Å²) < 4.78 is 58.9. The molecule has 332 valence electrons.